The number of carbonyl (C=O) groups is 1. The second kappa shape index (κ2) is 9.60. The Bertz CT molecular complexity index is 629. The monoisotopic (exact) mass is 326 g/mol. The zero-order chi connectivity index (χ0) is 17.2. The molecule has 0 bridgehead atoms. The molecule has 24 heavy (non-hydrogen) atoms. The fourth-order valence-corrected chi connectivity index (χ4v) is 2.61. The van der Waals surface area contributed by atoms with Gasteiger partial charge in [0, 0.05) is 25.3 Å². The molecule has 0 unspecified atom stereocenters. The summed E-state index contributed by atoms with van der Waals surface area (Å²) in [6.45, 7) is 7.11. The van der Waals surface area contributed by atoms with Gasteiger partial charge in [0.05, 0.1) is 12.2 Å². The molecule has 2 aromatic rings. The molecule has 0 atom stereocenters. The standard InChI is InChI=1S/C20H26N2O2/c1-3-22(17-11-6-5-7-12-17)16-10-15-21-20(23)18-13-8-9-14-19(18)24-4-2/h5-9,11-14H,3-4,10,15-16H2,1-2H3,(H,21,23). The van der Waals surface area contributed by atoms with E-state index in [0.29, 0.717) is 24.5 Å². The molecule has 0 aliphatic heterocycles. The number of ether oxygens (including phenoxy) is 1. The van der Waals surface area contributed by atoms with E-state index in [9.17, 15) is 4.79 Å². The number of benzene rings is 2. The minimum Gasteiger partial charge on any atom is -0.493 e. The topological polar surface area (TPSA) is 41.6 Å². The van der Waals surface area contributed by atoms with Crippen LogP contribution in [0.3, 0.4) is 0 Å². The molecule has 2 aromatic carbocycles. The molecule has 0 radical (unpaired) electrons. The number of amides is 1. The molecular formula is C20H26N2O2. The summed E-state index contributed by atoms with van der Waals surface area (Å²) in [4.78, 5) is 14.6. The van der Waals surface area contributed by atoms with Crippen LogP contribution in [0.4, 0.5) is 5.69 Å². The Hall–Kier alpha value is -2.49. The highest BCUT2D eigenvalue weighted by atomic mass is 16.5. The van der Waals surface area contributed by atoms with Crippen molar-refractivity contribution in [1.29, 1.82) is 0 Å². The Labute approximate surface area is 144 Å². The Balaban J connectivity index is 1.82. The van der Waals surface area contributed by atoms with Crippen LogP contribution in [0, 0.1) is 0 Å². The van der Waals surface area contributed by atoms with Gasteiger partial charge < -0.3 is 15.0 Å². The van der Waals surface area contributed by atoms with E-state index in [1.807, 2.05) is 43.3 Å². The Morgan fingerprint density at radius 3 is 2.46 bits per heavy atom. The summed E-state index contributed by atoms with van der Waals surface area (Å²) < 4.78 is 5.51. The normalized spacial score (nSPS) is 10.2. The van der Waals surface area contributed by atoms with E-state index >= 15 is 0 Å². The number of carbonyl (C=O) groups excluding carboxylic acids is 1. The van der Waals surface area contributed by atoms with E-state index in [4.69, 9.17) is 4.74 Å². The molecule has 4 heteroatoms. The summed E-state index contributed by atoms with van der Waals surface area (Å²) in [6.07, 6.45) is 0.894. The lowest BCUT2D eigenvalue weighted by Gasteiger charge is -2.23. The van der Waals surface area contributed by atoms with Crippen LogP contribution < -0.4 is 15.0 Å². The van der Waals surface area contributed by atoms with Crippen molar-refractivity contribution in [2.75, 3.05) is 31.1 Å². The Morgan fingerprint density at radius 2 is 1.75 bits per heavy atom. The van der Waals surface area contributed by atoms with Crippen molar-refractivity contribution in [1.82, 2.24) is 5.32 Å². The van der Waals surface area contributed by atoms with Gasteiger partial charge in [-0.3, -0.25) is 4.79 Å². The molecule has 0 spiro atoms. The Morgan fingerprint density at radius 1 is 1.04 bits per heavy atom. The quantitative estimate of drug-likeness (QED) is 0.714. The van der Waals surface area contributed by atoms with E-state index in [-0.39, 0.29) is 5.91 Å². The molecule has 1 N–H and O–H groups in total. The number of nitrogens with zero attached hydrogens (tertiary/aromatic N) is 1. The van der Waals surface area contributed by atoms with Gasteiger partial charge in [-0.25, -0.2) is 0 Å². The molecule has 128 valence electrons. The van der Waals surface area contributed by atoms with Gasteiger partial charge in [0.2, 0.25) is 0 Å². The van der Waals surface area contributed by atoms with Gasteiger partial charge >= 0.3 is 0 Å². The molecule has 1 amide bonds. The zero-order valence-electron chi connectivity index (χ0n) is 14.5. The number of hydrogen-bond acceptors (Lipinski definition) is 3. The predicted molar refractivity (Wildman–Crippen MR) is 98.9 cm³/mol. The average molecular weight is 326 g/mol. The first-order chi connectivity index (χ1) is 11.8. The summed E-state index contributed by atoms with van der Waals surface area (Å²) in [5, 5.41) is 2.98. The van der Waals surface area contributed by atoms with Gasteiger partial charge in [0.1, 0.15) is 5.75 Å². The first-order valence-electron chi connectivity index (χ1n) is 8.56. The summed E-state index contributed by atoms with van der Waals surface area (Å²) in [5.74, 6) is 0.554. The van der Waals surface area contributed by atoms with Crippen LogP contribution >= 0.6 is 0 Å². The molecule has 0 aliphatic rings. The number of rotatable bonds is 9. The maximum Gasteiger partial charge on any atom is 0.255 e. The van der Waals surface area contributed by atoms with Crippen molar-refractivity contribution in [3.8, 4) is 5.75 Å². The molecule has 0 saturated carbocycles. The van der Waals surface area contributed by atoms with Crippen LogP contribution in [0.5, 0.6) is 5.75 Å². The van der Waals surface area contributed by atoms with Crippen LogP contribution in [0.1, 0.15) is 30.6 Å². The van der Waals surface area contributed by atoms with Gasteiger partial charge in [-0.15, -0.1) is 0 Å². The second-order valence-electron chi connectivity index (χ2n) is 5.45. The molecule has 2 rings (SSSR count). The average Bonchev–Trinajstić information content (AvgIpc) is 2.63. The SMILES string of the molecule is CCOc1ccccc1C(=O)NCCCN(CC)c1ccccc1. The number of hydrogen-bond donors (Lipinski definition) is 1. The maximum atomic E-state index is 12.3. The first kappa shape index (κ1) is 17.9. The van der Waals surface area contributed by atoms with Gasteiger partial charge in [0.15, 0.2) is 0 Å². The van der Waals surface area contributed by atoms with Crippen LogP contribution in [-0.4, -0.2) is 32.1 Å². The second-order valence-corrected chi connectivity index (χ2v) is 5.45. The van der Waals surface area contributed by atoms with Gasteiger partial charge in [-0.2, -0.15) is 0 Å². The van der Waals surface area contributed by atoms with Gasteiger partial charge in [-0.1, -0.05) is 30.3 Å². The molecule has 0 aliphatic carbocycles. The van der Waals surface area contributed by atoms with Crippen molar-refractivity contribution in [2.24, 2.45) is 0 Å². The number of para-hydroxylation sites is 2. The van der Waals surface area contributed by atoms with E-state index < -0.39 is 0 Å². The number of anilines is 1. The highest BCUT2D eigenvalue weighted by Crippen LogP contribution is 2.17. The third kappa shape index (κ3) is 5.01. The van der Waals surface area contributed by atoms with Crippen LogP contribution in [-0.2, 0) is 0 Å². The van der Waals surface area contributed by atoms with Crippen molar-refractivity contribution < 1.29 is 9.53 Å². The molecule has 4 nitrogen and oxygen atoms in total. The smallest absolute Gasteiger partial charge is 0.255 e. The molecule has 0 saturated heterocycles. The molecule has 0 heterocycles. The largest absolute Gasteiger partial charge is 0.493 e. The van der Waals surface area contributed by atoms with Gasteiger partial charge in [-0.05, 0) is 44.5 Å². The summed E-state index contributed by atoms with van der Waals surface area (Å²) in [5.41, 5.74) is 1.81. The lowest BCUT2D eigenvalue weighted by atomic mass is 10.2. The zero-order valence-corrected chi connectivity index (χ0v) is 14.5. The van der Waals surface area contributed by atoms with Gasteiger partial charge in [0.25, 0.3) is 5.91 Å². The van der Waals surface area contributed by atoms with Crippen molar-refractivity contribution >= 4 is 11.6 Å². The van der Waals surface area contributed by atoms with E-state index in [0.717, 1.165) is 19.5 Å². The fraction of sp³-hybridized carbons (Fsp3) is 0.350. The van der Waals surface area contributed by atoms with Crippen molar-refractivity contribution in [2.45, 2.75) is 20.3 Å². The molecule has 0 aromatic heterocycles. The van der Waals surface area contributed by atoms with Crippen molar-refractivity contribution in [3.63, 3.8) is 0 Å². The maximum absolute atomic E-state index is 12.3. The van der Waals surface area contributed by atoms with E-state index in [1.165, 1.54) is 5.69 Å². The summed E-state index contributed by atoms with van der Waals surface area (Å²) in [7, 11) is 0. The van der Waals surface area contributed by atoms with E-state index in [2.05, 4.69) is 29.3 Å². The summed E-state index contributed by atoms with van der Waals surface area (Å²) >= 11 is 0. The highest BCUT2D eigenvalue weighted by molar-refractivity contribution is 5.96. The van der Waals surface area contributed by atoms with Crippen molar-refractivity contribution in [3.05, 3.63) is 60.2 Å². The van der Waals surface area contributed by atoms with Crippen LogP contribution in [0.15, 0.2) is 54.6 Å². The fourth-order valence-electron chi connectivity index (χ4n) is 2.61. The van der Waals surface area contributed by atoms with Crippen LogP contribution in [0.2, 0.25) is 0 Å². The number of nitrogens with one attached hydrogen (secondary N) is 1. The highest BCUT2D eigenvalue weighted by Gasteiger charge is 2.11. The molecular weight excluding hydrogens is 300 g/mol. The first-order valence-corrected chi connectivity index (χ1v) is 8.56. The lowest BCUT2D eigenvalue weighted by molar-refractivity contribution is 0.0949. The predicted octanol–water partition coefficient (Wildman–Crippen LogP) is 3.73. The third-order valence-electron chi connectivity index (χ3n) is 3.82. The van der Waals surface area contributed by atoms with Crippen LogP contribution in [0.25, 0.3) is 0 Å². The Kier molecular flexibility index (Phi) is 7.15. The molecule has 0 fully saturated rings. The van der Waals surface area contributed by atoms with E-state index in [1.54, 1.807) is 6.07 Å². The summed E-state index contributed by atoms with van der Waals surface area (Å²) in [6, 6.07) is 17.7. The third-order valence-corrected chi connectivity index (χ3v) is 3.82. The minimum absolute atomic E-state index is 0.0817. The lowest BCUT2D eigenvalue weighted by Crippen LogP contribution is -2.30. The minimum atomic E-state index is -0.0817.